The molecule has 2 N–H and O–H groups in total. The summed E-state index contributed by atoms with van der Waals surface area (Å²) in [5.74, 6) is 0. The molecule has 14 heavy (non-hydrogen) atoms. The summed E-state index contributed by atoms with van der Waals surface area (Å²) in [4.78, 5) is 4.22. The van der Waals surface area contributed by atoms with Gasteiger partial charge in [-0.2, -0.15) is 0 Å². The molecule has 1 aliphatic heterocycles. The molecule has 1 rings (SSSR count). The van der Waals surface area contributed by atoms with Crippen molar-refractivity contribution in [3.8, 4) is 0 Å². The molecule has 0 bridgehead atoms. The highest BCUT2D eigenvalue weighted by Crippen LogP contribution is 2.28. The Hall–Kier alpha value is -0.410. The van der Waals surface area contributed by atoms with E-state index in [9.17, 15) is 0 Å². The summed E-state index contributed by atoms with van der Waals surface area (Å²) in [5, 5.41) is 0. The maximum Gasteiger partial charge on any atom is 0.0785 e. The fourth-order valence-electron chi connectivity index (χ4n) is 1.39. The molecule has 1 aliphatic rings. The smallest absolute Gasteiger partial charge is 0.0785 e. The Bertz CT molecular complexity index is 270. The van der Waals surface area contributed by atoms with Gasteiger partial charge in [0.05, 0.1) is 10.9 Å². The van der Waals surface area contributed by atoms with Crippen LogP contribution in [0, 0.1) is 0 Å². The first kappa shape index (κ1) is 11.7. The zero-order valence-electron chi connectivity index (χ0n) is 8.54. The van der Waals surface area contributed by atoms with Crippen LogP contribution in [0.3, 0.4) is 0 Å². The number of aliphatic imine (C=N–C) groups is 1. The van der Waals surface area contributed by atoms with Gasteiger partial charge in [-0.1, -0.05) is 27.6 Å². The first-order chi connectivity index (χ1) is 6.54. The second-order valence-electron chi connectivity index (χ2n) is 3.88. The van der Waals surface area contributed by atoms with Crippen molar-refractivity contribution in [2.45, 2.75) is 30.1 Å². The molecule has 0 saturated heterocycles. The van der Waals surface area contributed by atoms with E-state index in [2.05, 4.69) is 33.6 Å². The highest BCUT2D eigenvalue weighted by Gasteiger charge is 2.31. The molecule has 2 nitrogen and oxygen atoms in total. The molecular weight excluding hydrogens is 240 g/mol. The average molecular weight is 257 g/mol. The topological polar surface area (TPSA) is 38.4 Å². The second-order valence-corrected chi connectivity index (χ2v) is 5.35. The largest absolute Gasteiger partial charge is 0.326 e. The summed E-state index contributed by atoms with van der Waals surface area (Å²) < 4.78 is -0.156. The minimum absolute atomic E-state index is 0.0906. The van der Waals surface area contributed by atoms with Crippen molar-refractivity contribution < 1.29 is 0 Å². The van der Waals surface area contributed by atoms with E-state index < -0.39 is 0 Å². The molecule has 0 aromatic heterocycles. The van der Waals surface area contributed by atoms with Crippen LogP contribution in [0.25, 0.3) is 0 Å². The Morgan fingerprint density at radius 3 is 3.00 bits per heavy atom. The number of alkyl halides is 1. The van der Waals surface area contributed by atoms with E-state index in [1.54, 1.807) is 0 Å². The van der Waals surface area contributed by atoms with Crippen LogP contribution in [0.5, 0.6) is 0 Å². The average Bonchev–Trinajstić information content (AvgIpc) is 2.15. The molecule has 0 aliphatic carbocycles. The van der Waals surface area contributed by atoms with Crippen molar-refractivity contribution in [2.24, 2.45) is 10.7 Å². The minimum Gasteiger partial charge on any atom is -0.326 e. The molecule has 0 saturated carbocycles. The summed E-state index contributed by atoms with van der Waals surface area (Å²) in [6.45, 7) is 6.63. The van der Waals surface area contributed by atoms with Gasteiger partial charge in [-0.15, -0.1) is 6.58 Å². The monoisotopic (exact) mass is 256 g/mol. The lowest BCUT2D eigenvalue weighted by Crippen LogP contribution is -2.44. The maximum absolute atomic E-state index is 6.12. The van der Waals surface area contributed by atoms with E-state index in [4.69, 9.17) is 5.73 Å². The molecule has 0 spiro atoms. The zero-order valence-corrected chi connectivity index (χ0v) is 10.1. The van der Waals surface area contributed by atoms with Crippen LogP contribution in [0.15, 0.2) is 29.3 Å². The summed E-state index contributed by atoms with van der Waals surface area (Å²) >= 11 is 3.66. The number of dihydropyridines is 1. The molecule has 2 atom stereocenters. The van der Waals surface area contributed by atoms with Gasteiger partial charge in [0.25, 0.3) is 0 Å². The highest BCUT2D eigenvalue weighted by atomic mass is 79.9. The van der Waals surface area contributed by atoms with Gasteiger partial charge in [-0.05, 0) is 25.8 Å². The molecule has 0 fully saturated rings. The number of hydrogen-bond acceptors (Lipinski definition) is 2. The Morgan fingerprint density at radius 1 is 1.79 bits per heavy atom. The van der Waals surface area contributed by atoms with Crippen molar-refractivity contribution in [1.82, 2.24) is 0 Å². The molecular formula is C11H17BrN2. The molecule has 0 aromatic rings. The quantitative estimate of drug-likeness (QED) is 0.609. The predicted molar refractivity (Wildman–Crippen MR) is 66.2 cm³/mol. The van der Waals surface area contributed by atoms with Crippen LogP contribution in [-0.4, -0.2) is 23.1 Å². The van der Waals surface area contributed by atoms with Gasteiger partial charge in [0.1, 0.15) is 0 Å². The Balaban J connectivity index is 2.50. The van der Waals surface area contributed by atoms with Gasteiger partial charge < -0.3 is 5.73 Å². The summed E-state index contributed by atoms with van der Waals surface area (Å²) in [6.07, 6.45) is 7.76. The van der Waals surface area contributed by atoms with Gasteiger partial charge in [-0.25, -0.2) is 0 Å². The van der Waals surface area contributed by atoms with Crippen LogP contribution in [0.1, 0.15) is 19.8 Å². The van der Waals surface area contributed by atoms with E-state index >= 15 is 0 Å². The second kappa shape index (κ2) is 4.89. The van der Waals surface area contributed by atoms with E-state index in [1.165, 1.54) is 5.57 Å². The lowest BCUT2D eigenvalue weighted by molar-refractivity contribution is 0.522. The standard InChI is InChI=1S/C11H17BrN2/c1-9(2)4-5-10(13)11(12)6-3-7-14-8-11/h3,6-7,10H,1,4-5,8,13H2,2H3/t10-,11?/m1/s1. The Labute approximate surface area is 94.1 Å². The van der Waals surface area contributed by atoms with Gasteiger partial charge in [0.15, 0.2) is 0 Å². The molecule has 0 amide bonds. The number of rotatable bonds is 4. The third-order valence-corrected chi connectivity index (χ3v) is 3.50. The number of nitrogens with zero attached hydrogens (tertiary/aromatic N) is 1. The summed E-state index contributed by atoms with van der Waals surface area (Å²) in [6, 6.07) is 0.0906. The number of hydrogen-bond donors (Lipinski definition) is 1. The van der Waals surface area contributed by atoms with Gasteiger partial charge in [0, 0.05) is 12.3 Å². The highest BCUT2D eigenvalue weighted by molar-refractivity contribution is 9.10. The van der Waals surface area contributed by atoms with Crippen LogP contribution in [0.4, 0.5) is 0 Å². The molecule has 1 heterocycles. The predicted octanol–water partition coefficient (Wildman–Crippen LogP) is 2.44. The summed E-state index contributed by atoms with van der Waals surface area (Å²) in [5.41, 5.74) is 7.30. The van der Waals surface area contributed by atoms with Crippen LogP contribution < -0.4 is 5.73 Å². The van der Waals surface area contributed by atoms with Crippen LogP contribution in [-0.2, 0) is 0 Å². The summed E-state index contributed by atoms with van der Waals surface area (Å²) in [7, 11) is 0. The number of nitrogens with two attached hydrogens (primary N) is 1. The SMILES string of the molecule is C=C(C)CC[C@@H](N)C1(Br)C=CC=NC1. The maximum atomic E-state index is 6.12. The van der Waals surface area contributed by atoms with Crippen molar-refractivity contribution in [3.63, 3.8) is 0 Å². The third kappa shape index (κ3) is 3.07. The molecule has 78 valence electrons. The van der Waals surface area contributed by atoms with E-state index in [0.717, 1.165) is 19.4 Å². The Kier molecular flexibility index (Phi) is 4.08. The van der Waals surface area contributed by atoms with Crippen molar-refractivity contribution in [1.29, 1.82) is 0 Å². The van der Waals surface area contributed by atoms with Gasteiger partial charge in [-0.3, -0.25) is 4.99 Å². The van der Waals surface area contributed by atoms with Crippen LogP contribution >= 0.6 is 15.9 Å². The van der Waals surface area contributed by atoms with E-state index in [0.29, 0.717) is 0 Å². The van der Waals surface area contributed by atoms with E-state index in [1.807, 2.05) is 19.2 Å². The van der Waals surface area contributed by atoms with Crippen molar-refractivity contribution >= 4 is 22.1 Å². The normalized spacial score (nSPS) is 27.6. The Morgan fingerprint density at radius 2 is 2.50 bits per heavy atom. The fourth-order valence-corrected chi connectivity index (χ4v) is 1.92. The molecule has 0 aromatic carbocycles. The van der Waals surface area contributed by atoms with Crippen LogP contribution in [0.2, 0.25) is 0 Å². The van der Waals surface area contributed by atoms with E-state index in [-0.39, 0.29) is 10.4 Å². The minimum atomic E-state index is -0.156. The number of allylic oxidation sites excluding steroid dienone is 2. The molecule has 1 unspecified atom stereocenters. The molecule has 0 radical (unpaired) electrons. The first-order valence-corrected chi connectivity index (χ1v) is 5.60. The zero-order chi connectivity index (χ0) is 10.6. The lowest BCUT2D eigenvalue weighted by atomic mass is 9.93. The van der Waals surface area contributed by atoms with Crippen molar-refractivity contribution in [2.75, 3.05) is 6.54 Å². The molecule has 3 heteroatoms. The van der Waals surface area contributed by atoms with Gasteiger partial charge >= 0.3 is 0 Å². The van der Waals surface area contributed by atoms with Crippen molar-refractivity contribution in [3.05, 3.63) is 24.3 Å². The third-order valence-electron chi connectivity index (χ3n) is 2.40. The lowest BCUT2D eigenvalue weighted by Gasteiger charge is -2.30. The first-order valence-electron chi connectivity index (χ1n) is 4.81. The fraction of sp³-hybridized carbons (Fsp3) is 0.545. The van der Waals surface area contributed by atoms with Gasteiger partial charge in [0.2, 0.25) is 0 Å². The number of halogens is 1.